The van der Waals surface area contributed by atoms with Gasteiger partial charge in [0, 0.05) is 23.3 Å². The Kier molecular flexibility index (Phi) is 3.23. The van der Waals surface area contributed by atoms with Crippen LogP contribution in [0.25, 0.3) is 28.2 Å². The van der Waals surface area contributed by atoms with E-state index in [1.165, 1.54) is 24.3 Å². The lowest BCUT2D eigenvalue weighted by atomic mass is 10.1. The van der Waals surface area contributed by atoms with E-state index in [-0.39, 0.29) is 11.6 Å². The number of anilines is 1. The Balaban J connectivity index is 1.91. The van der Waals surface area contributed by atoms with Gasteiger partial charge in [-0.3, -0.25) is 0 Å². The van der Waals surface area contributed by atoms with E-state index in [0.717, 1.165) is 11.1 Å². The Bertz CT molecular complexity index is 1020. The number of fused-ring (bicyclic) bond motifs is 1. The minimum atomic E-state index is -0.315. The van der Waals surface area contributed by atoms with Gasteiger partial charge in [-0.2, -0.15) is 5.10 Å². The Morgan fingerprint density at radius 2 is 1.38 bits per heavy atom. The molecular formula is C18H12F2N4. The summed E-state index contributed by atoms with van der Waals surface area (Å²) in [6, 6.07) is 15.6. The van der Waals surface area contributed by atoms with Crippen molar-refractivity contribution in [3.63, 3.8) is 0 Å². The van der Waals surface area contributed by atoms with E-state index in [4.69, 9.17) is 5.73 Å². The van der Waals surface area contributed by atoms with Crippen molar-refractivity contribution in [3.05, 3.63) is 72.3 Å². The number of benzene rings is 2. The van der Waals surface area contributed by atoms with E-state index in [2.05, 4.69) is 10.1 Å². The second kappa shape index (κ2) is 5.42. The molecule has 0 aliphatic heterocycles. The van der Waals surface area contributed by atoms with Gasteiger partial charge in [-0.15, -0.1) is 0 Å². The summed E-state index contributed by atoms with van der Waals surface area (Å²) in [7, 11) is 0. The highest BCUT2D eigenvalue weighted by Crippen LogP contribution is 2.26. The van der Waals surface area contributed by atoms with Crippen LogP contribution in [0.5, 0.6) is 0 Å². The van der Waals surface area contributed by atoms with Gasteiger partial charge in [-0.25, -0.2) is 18.3 Å². The summed E-state index contributed by atoms with van der Waals surface area (Å²) in [6.07, 6.45) is 0. The smallest absolute Gasteiger partial charge is 0.158 e. The van der Waals surface area contributed by atoms with E-state index in [1.54, 1.807) is 40.9 Å². The zero-order chi connectivity index (χ0) is 16.7. The molecule has 0 amide bonds. The summed E-state index contributed by atoms with van der Waals surface area (Å²) >= 11 is 0. The molecule has 0 saturated heterocycles. The second-order valence-corrected chi connectivity index (χ2v) is 5.38. The highest BCUT2D eigenvalue weighted by molar-refractivity contribution is 5.70. The minimum Gasteiger partial charge on any atom is -0.384 e. The molecule has 2 aromatic carbocycles. The Labute approximate surface area is 136 Å². The van der Waals surface area contributed by atoms with Gasteiger partial charge in [0.2, 0.25) is 0 Å². The standard InChI is InChI=1S/C18H12F2N4/c19-13-5-1-11(2-6-13)15-9-18-22-17(21)10-16(24(18)23-15)12-3-7-14(20)8-4-12/h1-10H,(H2,21,22). The summed E-state index contributed by atoms with van der Waals surface area (Å²) in [4.78, 5) is 4.27. The van der Waals surface area contributed by atoms with Crippen LogP contribution in [-0.4, -0.2) is 14.6 Å². The van der Waals surface area contributed by atoms with E-state index in [0.29, 0.717) is 22.9 Å². The fraction of sp³-hybridized carbons (Fsp3) is 0. The van der Waals surface area contributed by atoms with Gasteiger partial charge in [-0.1, -0.05) is 0 Å². The number of nitrogens with two attached hydrogens (primary N) is 1. The molecule has 0 saturated carbocycles. The molecule has 0 aliphatic rings. The van der Waals surface area contributed by atoms with Crippen LogP contribution in [0.4, 0.5) is 14.6 Å². The lowest BCUT2D eigenvalue weighted by Crippen LogP contribution is -2.00. The number of hydrogen-bond acceptors (Lipinski definition) is 3. The van der Waals surface area contributed by atoms with Gasteiger partial charge in [-0.05, 0) is 48.5 Å². The molecule has 118 valence electrons. The van der Waals surface area contributed by atoms with Gasteiger partial charge in [0.25, 0.3) is 0 Å². The van der Waals surface area contributed by atoms with Crippen molar-refractivity contribution >= 4 is 11.5 Å². The first-order chi connectivity index (χ1) is 11.6. The van der Waals surface area contributed by atoms with Crippen LogP contribution in [0.15, 0.2) is 60.7 Å². The topological polar surface area (TPSA) is 56.2 Å². The number of hydrogen-bond donors (Lipinski definition) is 1. The zero-order valence-corrected chi connectivity index (χ0v) is 12.4. The zero-order valence-electron chi connectivity index (χ0n) is 12.4. The highest BCUT2D eigenvalue weighted by atomic mass is 19.1. The van der Waals surface area contributed by atoms with Crippen LogP contribution in [0.1, 0.15) is 0 Å². The number of halogens is 2. The number of aromatic nitrogens is 3. The second-order valence-electron chi connectivity index (χ2n) is 5.38. The predicted molar refractivity (Wildman–Crippen MR) is 88.2 cm³/mol. The molecule has 4 aromatic rings. The first-order valence-electron chi connectivity index (χ1n) is 7.28. The van der Waals surface area contributed by atoms with Crippen LogP contribution in [0.3, 0.4) is 0 Å². The van der Waals surface area contributed by atoms with Gasteiger partial charge < -0.3 is 5.73 Å². The first kappa shape index (κ1) is 14.3. The van der Waals surface area contributed by atoms with Crippen LogP contribution in [-0.2, 0) is 0 Å². The van der Waals surface area contributed by atoms with E-state index >= 15 is 0 Å². The largest absolute Gasteiger partial charge is 0.384 e. The van der Waals surface area contributed by atoms with Crippen molar-refractivity contribution in [2.24, 2.45) is 0 Å². The normalized spacial score (nSPS) is 11.1. The molecule has 0 radical (unpaired) electrons. The fourth-order valence-corrected chi connectivity index (χ4v) is 2.58. The van der Waals surface area contributed by atoms with Crippen molar-refractivity contribution in [2.45, 2.75) is 0 Å². The van der Waals surface area contributed by atoms with Gasteiger partial charge >= 0.3 is 0 Å². The molecule has 24 heavy (non-hydrogen) atoms. The number of nitrogen functional groups attached to an aromatic ring is 1. The van der Waals surface area contributed by atoms with Crippen LogP contribution < -0.4 is 5.73 Å². The lowest BCUT2D eigenvalue weighted by molar-refractivity contribution is 0.627. The van der Waals surface area contributed by atoms with Gasteiger partial charge in [0.1, 0.15) is 17.5 Å². The van der Waals surface area contributed by atoms with Crippen molar-refractivity contribution in [2.75, 3.05) is 5.73 Å². The molecule has 0 unspecified atom stereocenters. The average molecular weight is 322 g/mol. The molecule has 0 atom stereocenters. The third-order valence-corrected chi connectivity index (χ3v) is 3.73. The first-order valence-corrected chi connectivity index (χ1v) is 7.28. The molecule has 0 bridgehead atoms. The van der Waals surface area contributed by atoms with E-state index in [1.807, 2.05) is 0 Å². The van der Waals surface area contributed by atoms with Gasteiger partial charge in [0.15, 0.2) is 5.65 Å². The summed E-state index contributed by atoms with van der Waals surface area (Å²) in [6.45, 7) is 0. The third kappa shape index (κ3) is 2.48. The summed E-state index contributed by atoms with van der Waals surface area (Å²) in [5.41, 5.74) is 9.33. The van der Waals surface area contributed by atoms with Crippen LogP contribution in [0.2, 0.25) is 0 Å². The summed E-state index contributed by atoms with van der Waals surface area (Å²) in [5, 5.41) is 4.53. The molecule has 2 N–H and O–H groups in total. The molecule has 6 heteroatoms. The summed E-state index contributed by atoms with van der Waals surface area (Å²) < 4.78 is 27.9. The number of rotatable bonds is 2. The Morgan fingerprint density at radius 1 is 0.792 bits per heavy atom. The fourth-order valence-electron chi connectivity index (χ4n) is 2.58. The van der Waals surface area contributed by atoms with Gasteiger partial charge in [0.05, 0.1) is 11.4 Å². The van der Waals surface area contributed by atoms with E-state index < -0.39 is 0 Å². The van der Waals surface area contributed by atoms with Crippen molar-refractivity contribution < 1.29 is 8.78 Å². The van der Waals surface area contributed by atoms with Crippen LogP contribution >= 0.6 is 0 Å². The molecule has 4 nitrogen and oxygen atoms in total. The molecule has 2 heterocycles. The molecule has 0 aliphatic carbocycles. The molecule has 0 spiro atoms. The summed E-state index contributed by atoms with van der Waals surface area (Å²) in [5.74, 6) is -0.284. The number of nitrogens with zero attached hydrogens (tertiary/aromatic N) is 3. The molecule has 2 aromatic heterocycles. The van der Waals surface area contributed by atoms with E-state index in [9.17, 15) is 8.78 Å². The maximum Gasteiger partial charge on any atom is 0.158 e. The van der Waals surface area contributed by atoms with Crippen molar-refractivity contribution in [3.8, 4) is 22.5 Å². The van der Waals surface area contributed by atoms with Crippen molar-refractivity contribution in [1.29, 1.82) is 0 Å². The molecule has 0 fully saturated rings. The average Bonchev–Trinajstić information content (AvgIpc) is 2.99. The monoisotopic (exact) mass is 322 g/mol. The minimum absolute atomic E-state index is 0.308. The third-order valence-electron chi connectivity index (χ3n) is 3.73. The maximum absolute atomic E-state index is 13.2. The van der Waals surface area contributed by atoms with Crippen LogP contribution in [0, 0.1) is 11.6 Å². The highest BCUT2D eigenvalue weighted by Gasteiger charge is 2.12. The predicted octanol–water partition coefficient (Wildman–Crippen LogP) is 3.92. The SMILES string of the molecule is Nc1cc(-c2ccc(F)cc2)n2nc(-c3ccc(F)cc3)cc2n1. The van der Waals surface area contributed by atoms with Crippen molar-refractivity contribution in [1.82, 2.24) is 14.6 Å². The Hall–Kier alpha value is -3.28. The molecule has 4 rings (SSSR count). The molecular weight excluding hydrogens is 310 g/mol. The Morgan fingerprint density at radius 3 is 2.00 bits per heavy atom. The quantitative estimate of drug-likeness (QED) is 0.608. The maximum atomic E-state index is 13.2. The lowest BCUT2D eigenvalue weighted by Gasteiger charge is -2.06.